The van der Waals surface area contributed by atoms with Crippen LogP contribution in [0.15, 0.2) is 65.5 Å². The normalized spacial score (nSPS) is 10.9. The summed E-state index contributed by atoms with van der Waals surface area (Å²) >= 11 is 0. The van der Waals surface area contributed by atoms with Crippen LogP contribution in [-0.2, 0) is 11.8 Å². The van der Waals surface area contributed by atoms with Gasteiger partial charge in [-0.3, -0.25) is 4.79 Å². The molecule has 0 radical (unpaired) electrons. The summed E-state index contributed by atoms with van der Waals surface area (Å²) in [6.45, 7) is 1.15. The lowest BCUT2D eigenvalue weighted by Crippen LogP contribution is -3.05. The molecule has 1 N–H and O–H groups in total. The minimum Gasteiger partial charge on any atom is -0.462 e. The van der Waals surface area contributed by atoms with Crippen molar-refractivity contribution in [1.82, 2.24) is 9.78 Å². The van der Waals surface area contributed by atoms with E-state index in [2.05, 4.69) is 5.10 Å². The number of carbonyl (C=O) groups is 1. The number of aryl methyl sites for hydroxylation is 1. The highest BCUT2D eigenvalue weighted by molar-refractivity contribution is 6.00. The quantitative estimate of drug-likeness (QED) is 0.492. The van der Waals surface area contributed by atoms with Crippen molar-refractivity contribution >= 4 is 5.97 Å². The number of aromatic nitrogens is 2. The van der Waals surface area contributed by atoms with E-state index in [1.165, 1.54) is 9.58 Å². The Morgan fingerprint density at radius 2 is 1.59 bits per heavy atom. The Morgan fingerprint density at radius 3 is 2.17 bits per heavy atom. The molecular formula is C23H26N3O3+. The third-order valence-electron chi connectivity index (χ3n) is 4.61. The number of nitrogens with zero attached hydrogens (tertiary/aromatic N) is 2. The highest BCUT2D eigenvalue weighted by atomic mass is 16.5. The lowest BCUT2D eigenvalue weighted by Gasteiger charge is -2.15. The average molecular weight is 392 g/mol. The van der Waals surface area contributed by atoms with Gasteiger partial charge in [0.25, 0.3) is 5.56 Å². The molecule has 1 heterocycles. The molecule has 29 heavy (non-hydrogen) atoms. The molecule has 0 aliphatic carbocycles. The molecule has 150 valence electrons. The van der Waals surface area contributed by atoms with Gasteiger partial charge in [0.05, 0.1) is 32.9 Å². The zero-order chi connectivity index (χ0) is 20.8. The number of hydrogen-bond donors (Lipinski definition) is 1. The molecule has 0 aliphatic rings. The first kappa shape index (κ1) is 20.5. The van der Waals surface area contributed by atoms with Crippen molar-refractivity contribution < 1.29 is 14.4 Å². The van der Waals surface area contributed by atoms with Gasteiger partial charge in [-0.15, -0.1) is 0 Å². The van der Waals surface area contributed by atoms with Crippen molar-refractivity contribution in [3.05, 3.63) is 76.6 Å². The van der Waals surface area contributed by atoms with Crippen LogP contribution in [0.1, 0.15) is 16.8 Å². The Bertz CT molecular complexity index is 1030. The van der Waals surface area contributed by atoms with Crippen LogP contribution < -0.4 is 10.5 Å². The number of carbonyl (C=O) groups excluding carboxylic acids is 1. The summed E-state index contributed by atoms with van der Waals surface area (Å²) in [4.78, 5) is 27.2. The van der Waals surface area contributed by atoms with E-state index in [0.717, 1.165) is 24.1 Å². The molecule has 0 saturated heterocycles. The second kappa shape index (κ2) is 9.30. The van der Waals surface area contributed by atoms with Crippen LogP contribution in [0, 0.1) is 0 Å². The van der Waals surface area contributed by atoms with Crippen LogP contribution in [-0.4, -0.2) is 43.0 Å². The zero-order valence-electron chi connectivity index (χ0n) is 17.0. The van der Waals surface area contributed by atoms with Crippen LogP contribution in [0.4, 0.5) is 0 Å². The van der Waals surface area contributed by atoms with E-state index in [9.17, 15) is 9.59 Å². The summed E-state index contributed by atoms with van der Waals surface area (Å²) < 4.78 is 6.68. The lowest BCUT2D eigenvalue weighted by molar-refractivity contribution is -0.858. The number of benzene rings is 2. The highest BCUT2D eigenvalue weighted by Gasteiger charge is 2.25. The van der Waals surface area contributed by atoms with Gasteiger partial charge < -0.3 is 9.64 Å². The van der Waals surface area contributed by atoms with Crippen molar-refractivity contribution in [2.75, 3.05) is 27.2 Å². The summed E-state index contributed by atoms with van der Waals surface area (Å²) in [5, 5.41) is 4.48. The summed E-state index contributed by atoms with van der Waals surface area (Å²) in [5.74, 6) is -0.613. The van der Waals surface area contributed by atoms with E-state index in [0.29, 0.717) is 11.3 Å². The molecule has 6 nitrogen and oxygen atoms in total. The monoisotopic (exact) mass is 392 g/mol. The minimum atomic E-state index is -0.613. The number of quaternary nitrogens is 1. The maximum absolute atomic E-state index is 13.0. The van der Waals surface area contributed by atoms with Crippen LogP contribution in [0.25, 0.3) is 22.4 Å². The third kappa shape index (κ3) is 4.78. The second-order valence-corrected chi connectivity index (χ2v) is 7.21. The SMILES string of the molecule is Cn1nc(-c2ccccc2)c(-c2ccccc2)c(C(=O)OCCC[NH+](C)C)c1=O. The summed E-state index contributed by atoms with van der Waals surface area (Å²) in [5.41, 5.74) is 2.21. The van der Waals surface area contributed by atoms with E-state index in [4.69, 9.17) is 4.74 Å². The Labute approximate surface area is 170 Å². The van der Waals surface area contributed by atoms with Gasteiger partial charge in [0.1, 0.15) is 5.56 Å². The molecule has 0 spiro atoms. The highest BCUT2D eigenvalue weighted by Crippen LogP contribution is 2.32. The van der Waals surface area contributed by atoms with E-state index < -0.39 is 11.5 Å². The van der Waals surface area contributed by atoms with Gasteiger partial charge in [-0.1, -0.05) is 60.7 Å². The first-order valence-corrected chi connectivity index (χ1v) is 9.67. The van der Waals surface area contributed by atoms with Crippen molar-refractivity contribution in [2.45, 2.75) is 6.42 Å². The van der Waals surface area contributed by atoms with Gasteiger partial charge in [0.15, 0.2) is 0 Å². The first-order chi connectivity index (χ1) is 14.0. The average Bonchev–Trinajstić information content (AvgIpc) is 2.73. The Hall–Kier alpha value is -3.25. The fourth-order valence-electron chi connectivity index (χ4n) is 3.17. The standard InChI is InChI=1S/C23H25N3O3/c1-25(2)15-10-16-29-23(28)20-19(17-11-6-4-7-12-17)21(24-26(3)22(20)27)18-13-8-5-9-14-18/h4-9,11-14H,10,15-16H2,1-3H3/p+1. The molecule has 0 aliphatic heterocycles. The van der Waals surface area contributed by atoms with Crippen LogP contribution in [0.5, 0.6) is 0 Å². The van der Waals surface area contributed by atoms with Gasteiger partial charge >= 0.3 is 5.97 Å². The maximum atomic E-state index is 13.0. The number of nitrogens with one attached hydrogen (secondary N) is 1. The van der Waals surface area contributed by atoms with Crippen molar-refractivity contribution in [3.63, 3.8) is 0 Å². The first-order valence-electron chi connectivity index (χ1n) is 9.67. The summed E-state index contributed by atoms with van der Waals surface area (Å²) in [6, 6.07) is 18.9. The molecule has 3 rings (SSSR count). The molecule has 6 heteroatoms. The largest absolute Gasteiger partial charge is 0.462 e. The van der Waals surface area contributed by atoms with Gasteiger partial charge in [0, 0.05) is 24.6 Å². The molecule has 0 atom stereocenters. The maximum Gasteiger partial charge on any atom is 0.344 e. The summed E-state index contributed by atoms with van der Waals surface area (Å²) in [6.07, 6.45) is 0.728. The van der Waals surface area contributed by atoms with Crippen molar-refractivity contribution in [2.24, 2.45) is 7.05 Å². The van der Waals surface area contributed by atoms with Gasteiger partial charge in [-0.2, -0.15) is 5.10 Å². The van der Waals surface area contributed by atoms with Crippen LogP contribution in [0.2, 0.25) is 0 Å². The Kier molecular flexibility index (Phi) is 6.57. The predicted octanol–water partition coefficient (Wildman–Crippen LogP) is 1.81. The fraction of sp³-hybridized carbons (Fsp3) is 0.261. The topological polar surface area (TPSA) is 65.6 Å². The fourth-order valence-corrected chi connectivity index (χ4v) is 3.17. The number of hydrogen-bond acceptors (Lipinski definition) is 4. The Balaban J connectivity index is 2.12. The van der Waals surface area contributed by atoms with E-state index in [1.54, 1.807) is 7.05 Å². The predicted molar refractivity (Wildman–Crippen MR) is 113 cm³/mol. The van der Waals surface area contributed by atoms with Crippen LogP contribution >= 0.6 is 0 Å². The molecular weight excluding hydrogens is 366 g/mol. The van der Waals surface area contributed by atoms with Gasteiger partial charge in [-0.25, -0.2) is 9.48 Å². The zero-order valence-corrected chi connectivity index (χ0v) is 17.0. The Morgan fingerprint density at radius 1 is 1.00 bits per heavy atom. The number of ether oxygens (including phenoxy) is 1. The lowest BCUT2D eigenvalue weighted by atomic mass is 9.95. The minimum absolute atomic E-state index is 0.0183. The van der Waals surface area contributed by atoms with Crippen molar-refractivity contribution in [3.8, 4) is 22.4 Å². The molecule has 0 saturated carbocycles. The van der Waals surface area contributed by atoms with E-state index in [1.807, 2.05) is 74.8 Å². The third-order valence-corrected chi connectivity index (χ3v) is 4.61. The molecule has 0 fully saturated rings. The molecule has 3 aromatic rings. The van der Waals surface area contributed by atoms with E-state index >= 15 is 0 Å². The van der Waals surface area contributed by atoms with Gasteiger partial charge in [0.2, 0.25) is 0 Å². The van der Waals surface area contributed by atoms with Gasteiger partial charge in [-0.05, 0) is 5.56 Å². The molecule has 1 aromatic heterocycles. The smallest absolute Gasteiger partial charge is 0.344 e. The molecule has 0 amide bonds. The number of esters is 1. The van der Waals surface area contributed by atoms with Crippen molar-refractivity contribution in [1.29, 1.82) is 0 Å². The van der Waals surface area contributed by atoms with E-state index in [-0.39, 0.29) is 12.2 Å². The number of rotatable bonds is 7. The molecule has 0 unspecified atom stereocenters. The molecule has 2 aromatic carbocycles. The van der Waals surface area contributed by atoms with Crippen LogP contribution in [0.3, 0.4) is 0 Å². The summed E-state index contributed by atoms with van der Waals surface area (Å²) in [7, 11) is 5.63. The molecule has 0 bridgehead atoms. The second-order valence-electron chi connectivity index (χ2n) is 7.21.